The zero-order valence-corrected chi connectivity index (χ0v) is 16.7. The van der Waals surface area contributed by atoms with E-state index in [4.69, 9.17) is 5.73 Å². The summed E-state index contributed by atoms with van der Waals surface area (Å²) in [6, 6.07) is 3.16. The largest absolute Gasteiger partial charge is 0.370 e. The van der Waals surface area contributed by atoms with E-state index in [1.165, 1.54) is 17.8 Å². The van der Waals surface area contributed by atoms with Gasteiger partial charge in [0.2, 0.25) is 11.8 Å². The molecule has 152 valence electrons. The van der Waals surface area contributed by atoms with Gasteiger partial charge in [-0.15, -0.1) is 10.2 Å². The fourth-order valence-electron chi connectivity index (χ4n) is 2.40. The number of nitrogens with two attached hydrogens (primary N) is 1. The summed E-state index contributed by atoms with van der Waals surface area (Å²) in [6.45, 7) is 6.37. The van der Waals surface area contributed by atoms with Crippen molar-refractivity contribution in [3.63, 3.8) is 0 Å². The van der Waals surface area contributed by atoms with E-state index in [1.54, 1.807) is 6.92 Å². The van der Waals surface area contributed by atoms with E-state index in [0.29, 0.717) is 29.9 Å². The Morgan fingerprint density at radius 3 is 2.54 bits per heavy atom. The molecule has 0 aliphatic heterocycles. The number of hydrogen-bond donors (Lipinski definition) is 2. The zero-order valence-electron chi connectivity index (χ0n) is 15.9. The Morgan fingerprint density at radius 2 is 1.93 bits per heavy atom. The summed E-state index contributed by atoms with van der Waals surface area (Å²) in [6.07, 6.45) is 0.526. The number of halogens is 2. The maximum absolute atomic E-state index is 13.3. The quantitative estimate of drug-likeness (QED) is 0.618. The molecule has 1 atom stereocenters. The van der Waals surface area contributed by atoms with Crippen molar-refractivity contribution < 1.29 is 18.4 Å². The normalized spacial score (nSPS) is 12.2. The van der Waals surface area contributed by atoms with Crippen molar-refractivity contribution in [2.75, 3.05) is 5.32 Å². The summed E-state index contributed by atoms with van der Waals surface area (Å²) in [5.74, 6) is -1.89. The third-order valence-corrected chi connectivity index (χ3v) is 4.86. The molecule has 2 rings (SSSR count). The van der Waals surface area contributed by atoms with Crippen LogP contribution in [0.5, 0.6) is 0 Å². The highest BCUT2D eigenvalue weighted by Crippen LogP contribution is 2.25. The molecule has 3 N–H and O–H groups in total. The average Bonchev–Trinajstić information content (AvgIpc) is 2.97. The molecule has 2 amide bonds. The molecule has 0 bridgehead atoms. The topological polar surface area (TPSA) is 103 Å². The first-order valence-corrected chi connectivity index (χ1v) is 9.68. The molecule has 1 heterocycles. The highest BCUT2D eigenvalue weighted by molar-refractivity contribution is 8.00. The Bertz CT molecular complexity index is 856. The second-order valence-corrected chi connectivity index (χ2v) is 8.06. The van der Waals surface area contributed by atoms with Crippen molar-refractivity contribution >= 4 is 29.3 Å². The van der Waals surface area contributed by atoms with Gasteiger partial charge < -0.3 is 15.6 Å². The van der Waals surface area contributed by atoms with E-state index >= 15 is 0 Å². The van der Waals surface area contributed by atoms with Gasteiger partial charge in [-0.25, -0.2) is 8.78 Å². The number of aromatic nitrogens is 3. The molecule has 28 heavy (non-hydrogen) atoms. The number of nitrogens with zero attached hydrogens (tertiary/aromatic N) is 3. The van der Waals surface area contributed by atoms with Crippen LogP contribution in [0.4, 0.5) is 14.5 Å². The molecule has 0 radical (unpaired) electrons. The van der Waals surface area contributed by atoms with Crippen LogP contribution in [0.3, 0.4) is 0 Å². The maximum atomic E-state index is 13.3. The molecule has 0 unspecified atom stereocenters. The SMILES string of the molecule is CC(C)Cn1c(CCC(N)=O)nnc1S[C@H](C)C(=O)Nc1ccc(F)c(F)c1. The standard InChI is InChI=1S/C18H23F2N5O2S/c1-10(2)9-25-16(7-6-15(21)26)23-24-18(25)28-11(3)17(27)22-12-4-5-13(19)14(20)8-12/h4-5,8,10-11H,6-7,9H2,1-3H3,(H2,21,26)(H,22,27)/t11-/m1/s1. The second-order valence-electron chi connectivity index (χ2n) is 6.75. The van der Waals surface area contributed by atoms with Gasteiger partial charge in [-0.3, -0.25) is 9.59 Å². The molecule has 1 aromatic carbocycles. The van der Waals surface area contributed by atoms with Crippen molar-refractivity contribution in [3.05, 3.63) is 35.7 Å². The van der Waals surface area contributed by atoms with E-state index < -0.39 is 22.8 Å². The lowest BCUT2D eigenvalue weighted by Gasteiger charge is -2.15. The summed E-state index contributed by atoms with van der Waals surface area (Å²) in [7, 11) is 0. The van der Waals surface area contributed by atoms with Gasteiger partial charge in [0.05, 0.1) is 5.25 Å². The van der Waals surface area contributed by atoms with E-state index in [2.05, 4.69) is 15.5 Å². The number of primary amides is 1. The molecule has 1 aromatic heterocycles. The highest BCUT2D eigenvalue weighted by atomic mass is 32.2. The Balaban J connectivity index is 2.10. The molecular formula is C18H23F2N5O2S. The third-order valence-electron chi connectivity index (χ3n) is 3.77. The number of thioether (sulfide) groups is 1. The summed E-state index contributed by atoms with van der Waals surface area (Å²) >= 11 is 1.20. The van der Waals surface area contributed by atoms with E-state index in [0.717, 1.165) is 12.1 Å². The minimum atomic E-state index is -1.03. The van der Waals surface area contributed by atoms with Crippen LogP contribution in [0.1, 0.15) is 33.0 Å². The number of carbonyl (C=O) groups is 2. The number of nitrogens with one attached hydrogen (secondary N) is 1. The van der Waals surface area contributed by atoms with Crippen LogP contribution < -0.4 is 11.1 Å². The average molecular weight is 411 g/mol. The smallest absolute Gasteiger partial charge is 0.237 e. The van der Waals surface area contributed by atoms with Gasteiger partial charge in [0.15, 0.2) is 16.8 Å². The predicted octanol–water partition coefficient (Wildman–Crippen LogP) is 2.75. The number of benzene rings is 1. The van der Waals surface area contributed by atoms with Gasteiger partial charge in [-0.05, 0) is 25.0 Å². The summed E-state index contributed by atoms with van der Waals surface area (Å²) in [5.41, 5.74) is 5.38. The Kier molecular flexibility index (Phi) is 7.50. The number of rotatable bonds is 9. The molecule has 10 heteroatoms. The van der Waals surface area contributed by atoms with Gasteiger partial charge >= 0.3 is 0 Å². The highest BCUT2D eigenvalue weighted by Gasteiger charge is 2.21. The van der Waals surface area contributed by atoms with Crippen LogP contribution >= 0.6 is 11.8 Å². The Hall–Kier alpha value is -2.49. The fourth-order valence-corrected chi connectivity index (χ4v) is 3.28. The number of amides is 2. The fraction of sp³-hybridized carbons (Fsp3) is 0.444. The summed E-state index contributed by atoms with van der Waals surface area (Å²) in [4.78, 5) is 23.5. The maximum Gasteiger partial charge on any atom is 0.237 e. The summed E-state index contributed by atoms with van der Waals surface area (Å²) in [5, 5.41) is 10.8. The predicted molar refractivity (Wildman–Crippen MR) is 103 cm³/mol. The molecule has 0 aliphatic rings. The lowest BCUT2D eigenvalue weighted by Crippen LogP contribution is -2.23. The monoisotopic (exact) mass is 411 g/mol. The molecule has 0 spiro atoms. The van der Waals surface area contributed by atoms with Crippen LogP contribution in [0.25, 0.3) is 0 Å². The number of carbonyl (C=O) groups excluding carboxylic acids is 2. The van der Waals surface area contributed by atoms with Gasteiger partial charge in [0, 0.05) is 31.1 Å². The van der Waals surface area contributed by atoms with Gasteiger partial charge in [-0.2, -0.15) is 0 Å². The molecular weight excluding hydrogens is 388 g/mol. The zero-order chi connectivity index (χ0) is 20.8. The lowest BCUT2D eigenvalue weighted by atomic mass is 10.2. The first-order valence-electron chi connectivity index (χ1n) is 8.80. The van der Waals surface area contributed by atoms with Gasteiger partial charge in [0.25, 0.3) is 0 Å². The number of anilines is 1. The number of hydrogen-bond acceptors (Lipinski definition) is 5. The van der Waals surface area contributed by atoms with E-state index in [-0.39, 0.29) is 18.0 Å². The van der Waals surface area contributed by atoms with Crippen molar-refractivity contribution in [2.24, 2.45) is 11.7 Å². The van der Waals surface area contributed by atoms with E-state index in [1.807, 2.05) is 18.4 Å². The van der Waals surface area contributed by atoms with Crippen molar-refractivity contribution in [1.29, 1.82) is 0 Å². The van der Waals surface area contributed by atoms with Crippen molar-refractivity contribution in [2.45, 2.75) is 50.6 Å². The summed E-state index contributed by atoms with van der Waals surface area (Å²) < 4.78 is 28.2. The molecule has 0 saturated heterocycles. The molecule has 2 aromatic rings. The molecule has 0 saturated carbocycles. The van der Waals surface area contributed by atoms with Crippen LogP contribution in [0.2, 0.25) is 0 Å². The number of aryl methyl sites for hydroxylation is 1. The van der Waals surface area contributed by atoms with Crippen molar-refractivity contribution in [3.8, 4) is 0 Å². The molecule has 0 fully saturated rings. The third kappa shape index (κ3) is 6.01. The van der Waals surface area contributed by atoms with E-state index in [9.17, 15) is 18.4 Å². The molecule has 7 nitrogen and oxygen atoms in total. The minimum Gasteiger partial charge on any atom is -0.370 e. The van der Waals surface area contributed by atoms with Gasteiger partial charge in [-0.1, -0.05) is 25.6 Å². The van der Waals surface area contributed by atoms with Crippen LogP contribution in [-0.4, -0.2) is 31.8 Å². The first kappa shape index (κ1) is 21.8. The van der Waals surface area contributed by atoms with Crippen LogP contribution in [0, 0.1) is 17.6 Å². The van der Waals surface area contributed by atoms with Crippen LogP contribution in [0.15, 0.2) is 23.4 Å². The Morgan fingerprint density at radius 1 is 1.21 bits per heavy atom. The Labute approximate surface area is 166 Å². The minimum absolute atomic E-state index is 0.160. The van der Waals surface area contributed by atoms with Gasteiger partial charge in [0.1, 0.15) is 5.82 Å². The molecule has 0 aliphatic carbocycles. The van der Waals surface area contributed by atoms with Crippen molar-refractivity contribution in [1.82, 2.24) is 14.8 Å². The van der Waals surface area contributed by atoms with Crippen LogP contribution in [-0.2, 0) is 22.6 Å². The first-order chi connectivity index (χ1) is 13.2. The lowest BCUT2D eigenvalue weighted by molar-refractivity contribution is -0.118. The second kappa shape index (κ2) is 9.63.